The zero-order valence-corrected chi connectivity index (χ0v) is 18.0. The molecule has 0 aliphatic carbocycles. The van der Waals surface area contributed by atoms with E-state index in [0.717, 1.165) is 4.47 Å². The summed E-state index contributed by atoms with van der Waals surface area (Å²) in [4.78, 5) is 35.9. The van der Waals surface area contributed by atoms with Crippen LogP contribution in [0.2, 0.25) is 0 Å². The van der Waals surface area contributed by atoms with Gasteiger partial charge in [0.1, 0.15) is 5.75 Å². The summed E-state index contributed by atoms with van der Waals surface area (Å²) in [7, 11) is 0. The Morgan fingerprint density at radius 3 is 2.52 bits per heavy atom. The smallest absolute Gasteiger partial charge is 0.255 e. The predicted molar refractivity (Wildman–Crippen MR) is 116 cm³/mol. The van der Waals surface area contributed by atoms with E-state index in [1.807, 2.05) is 13.0 Å². The number of anilines is 2. The lowest BCUT2D eigenvalue weighted by atomic mass is 10.2. The summed E-state index contributed by atoms with van der Waals surface area (Å²) in [5, 5.41) is 8.26. The molecule has 0 aliphatic rings. The molecule has 2 rings (SSSR count). The molecular weight excluding hydrogens is 438 g/mol. The largest absolute Gasteiger partial charge is 0.493 e. The van der Waals surface area contributed by atoms with E-state index in [1.54, 1.807) is 36.4 Å². The summed E-state index contributed by atoms with van der Waals surface area (Å²) in [6.45, 7) is 4.08. The number of halogens is 1. The third-order valence-electron chi connectivity index (χ3n) is 3.86. The van der Waals surface area contributed by atoms with Gasteiger partial charge in [0.25, 0.3) is 5.91 Å². The fraction of sp³-hybridized carbons (Fsp3) is 0.286. The lowest BCUT2D eigenvalue weighted by molar-refractivity contribution is -0.116. The van der Waals surface area contributed by atoms with Gasteiger partial charge in [-0.3, -0.25) is 14.4 Å². The lowest BCUT2D eigenvalue weighted by Crippen LogP contribution is -2.26. The molecule has 2 aromatic carbocycles. The molecule has 8 heteroatoms. The molecule has 29 heavy (non-hydrogen) atoms. The Balaban J connectivity index is 1.84. The molecule has 0 aromatic heterocycles. The van der Waals surface area contributed by atoms with Gasteiger partial charge in [0.15, 0.2) is 0 Å². The van der Waals surface area contributed by atoms with Crippen molar-refractivity contribution in [2.75, 3.05) is 23.8 Å². The minimum atomic E-state index is -0.241. The normalized spacial score (nSPS) is 10.2. The zero-order valence-electron chi connectivity index (χ0n) is 16.4. The topological polar surface area (TPSA) is 96.5 Å². The fourth-order valence-corrected chi connectivity index (χ4v) is 2.97. The Morgan fingerprint density at radius 2 is 1.79 bits per heavy atom. The molecule has 0 saturated heterocycles. The number of ether oxygens (including phenoxy) is 1. The van der Waals surface area contributed by atoms with Gasteiger partial charge in [-0.05, 0) is 43.7 Å². The van der Waals surface area contributed by atoms with Crippen LogP contribution in [-0.4, -0.2) is 30.9 Å². The number of benzene rings is 2. The van der Waals surface area contributed by atoms with E-state index in [0.29, 0.717) is 42.3 Å². The van der Waals surface area contributed by atoms with Gasteiger partial charge < -0.3 is 20.7 Å². The molecule has 2 aromatic rings. The van der Waals surface area contributed by atoms with Crippen molar-refractivity contribution in [1.82, 2.24) is 5.32 Å². The number of carbonyl (C=O) groups excluding carboxylic acids is 3. The third kappa shape index (κ3) is 7.23. The molecule has 0 radical (unpaired) electrons. The molecule has 0 atom stereocenters. The van der Waals surface area contributed by atoms with E-state index in [-0.39, 0.29) is 24.1 Å². The van der Waals surface area contributed by atoms with Crippen LogP contribution in [0.25, 0.3) is 0 Å². The number of hydrogen-bond donors (Lipinski definition) is 3. The fourth-order valence-electron chi connectivity index (χ4n) is 2.61. The van der Waals surface area contributed by atoms with Crippen molar-refractivity contribution in [3.05, 3.63) is 52.5 Å². The van der Waals surface area contributed by atoms with Gasteiger partial charge in [-0.25, -0.2) is 0 Å². The standard InChI is InChI=1S/C21H24BrN3O4/c1-3-29-19-8-5-4-7-16(19)21(28)23-12-6-9-20(27)25-18-13-15(22)10-11-17(18)24-14(2)26/h4-5,7-8,10-11,13H,3,6,9,12H2,1-2H3,(H,23,28)(H,24,26)(H,25,27). The van der Waals surface area contributed by atoms with Gasteiger partial charge in [-0.2, -0.15) is 0 Å². The van der Waals surface area contributed by atoms with E-state index in [4.69, 9.17) is 4.74 Å². The van der Waals surface area contributed by atoms with Gasteiger partial charge >= 0.3 is 0 Å². The summed E-state index contributed by atoms with van der Waals surface area (Å²) in [5.41, 5.74) is 1.50. The predicted octanol–water partition coefficient (Wildman–Crippen LogP) is 3.95. The van der Waals surface area contributed by atoms with Crippen LogP contribution >= 0.6 is 15.9 Å². The van der Waals surface area contributed by atoms with E-state index >= 15 is 0 Å². The minimum absolute atomic E-state index is 0.210. The number of para-hydroxylation sites is 1. The van der Waals surface area contributed by atoms with E-state index in [2.05, 4.69) is 31.9 Å². The molecule has 0 spiro atoms. The van der Waals surface area contributed by atoms with Crippen molar-refractivity contribution in [2.45, 2.75) is 26.7 Å². The average Bonchev–Trinajstić information content (AvgIpc) is 2.67. The van der Waals surface area contributed by atoms with Crippen LogP contribution in [0.1, 0.15) is 37.0 Å². The Kier molecular flexibility index (Phi) is 8.67. The van der Waals surface area contributed by atoms with Crippen LogP contribution in [0.3, 0.4) is 0 Å². The van der Waals surface area contributed by atoms with Crippen molar-refractivity contribution in [3.63, 3.8) is 0 Å². The highest BCUT2D eigenvalue weighted by Crippen LogP contribution is 2.26. The Bertz CT molecular complexity index is 886. The molecule has 3 amide bonds. The third-order valence-corrected chi connectivity index (χ3v) is 4.36. The molecule has 0 unspecified atom stereocenters. The van der Waals surface area contributed by atoms with Crippen LogP contribution in [0.15, 0.2) is 46.9 Å². The molecule has 0 heterocycles. The van der Waals surface area contributed by atoms with Gasteiger partial charge in [0.05, 0.1) is 23.5 Å². The molecule has 0 saturated carbocycles. The van der Waals surface area contributed by atoms with Gasteiger partial charge in [-0.15, -0.1) is 0 Å². The van der Waals surface area contributed by atoms with Crippen LogP contribution in [0.4, 0.5) is 11.4 Å². The van der Waals surface area contributed by atoms with Crippen molar-refractivity contribution >= 4 is 45.0 Å². The second kappa shape index (κ2) is 11.2. The molecule has 0 aliphatic heterocycles. The first-order valence-electron chi connectivity index (χ1n) is 9.27. The first-order chi connectivity index (χ1) is 13.9. The highest BCUT2D eigenvalue weighted by atomic mass is 79.9. The first-order valence-corrected chi connectivity index (χ1v) is 10.1. The molecule has 3 N–H and O–H groups in total. The van der Waals surface area contributed by atoms with E-state index in [1.165, 1.54) is 6.92 Å². The maximum atomic E-state index is 12.3. The number of rotatable bonds is 9. The maximum absolute atomic E-state index is 12.3. The van der Waals surface area contributed by atoms with E-state index in [9.17, 15) is 14.4 Å². The second-order valence-electron chi connectivity index (χ2n) is 6.21. The summed E-state index contributed by atoms with van der Waals surface area (Å²) in [6, 6.07) is 12.2. The van der Waals surface area contributed by atoms with Crippen molar-refractivity contribution < 1.29 is 19.1 Å². The average molecular weight is 462 g/mol. The van der Waals surface area contributed by atoms with Crippen LogP contribution in [0, 0.1) is 0 Å². The zero-order chi connectivity index (χ0) is 21.2. The highest BCUT2D eigenvalue weighted by molar-refractivity contribution is 9.10. The van der Waals surface area contributed by atoms with Crippen LogP contribution in [-0.2, 0) is 9.59 Å². The number of carbonyl (C=O) groups is 3. The molecule has 154 valence electrons. The summed E-state index contributed by atoms with van der Waals surface area (Å²) >= 11 is 3.35. The molecule has 0 fully saturated rings. The monoisotopic (exact) mass is 461 g/mol. The SMILES string of the molecule is CCOc1ccccc1C(=O)NCCCC(=O)Nc1cc(Br)ccc1NC(C)=O. The molecular formula is C21H24BrN3O4. The number of nitrogens with one attached hydrogen (secondary N) is 3. The van der Waals surface area contributed by atoms with Gasteiger partial charge in [-0.1, -0.05) is 28.1 Å². The van der Waals surface area contributed by atoms with Crippen molar-refractivity contribution in [3.8, 4) is 5.75 Å². The molecule has 7 nitrogen and oxygen atoms in total. The second-order valence-corrected chi connectivity index (χ2v) is 7.12. The van der Waals surface area contributed by atoms with Crippen molar-refractivity contribution in [2.24, 2.45) is 0 Å². The van der Waals surface area contributed by atoms with Gasteiger partial charge in [0, 0.05) is 24.4 Å². The maximum Gasteiger partial charge on any atom is 0.255 e. The summed E-state index contributed by atoms with van der Waals surface area (Å²) < 4.78 is 6.24. The highest BCUT2D eigenvalue weighted by Gasteiger charge is 2.12. The Labute approximate surface area is 178 Å². The summed E-state index contributed by atoms with van der Waals surface area (Å²) in [6.07, 6.45) is 0.692. The quantitative estimate of drug-likeness (QED) is 0.492. The van der Waals surface area contributed by atoms with E-state index < -0.39 is 0 Å². The van der Waals surface area contributed by atoms with Crippen LogP contribution < -0.4 is 20.7 Å². The number of hydrogen-bond acceptors (Lipinski definition) is 4. The van der Waals surface area contributed by atoms with Crippen LogP contribution in [0.5, 0.6) is 5.75 Å². The summed E-state index contributed by atoms with van der Waals surface area (Å²) in [5.74, 6) is -0.142. The van der Waals surface area contributed by atoms with Crippen molar-refractivity contribution in [1.29, 1.82) is 0 Å². The molecule has 0 bridgehead atoms. The Hall–Kier alpha value is -2.87. The lowest BCUT2D eigenvalue weighted by Gasteiger charge is -2.12. The Morgan fingerprint density at radius 1 is 1.03 bits per heavy atom. The first kappa shape index (κ1) is 22.4. The van der Waals surface area contributed by atoms with Gasteiger partial charge in [0.2, 0.25) is 11.8 Å². The minimum Gasteiger partial charge on any atom is -0.493 e. The number of amides is 3.